The highest BCUT2D eigenvalue weighted by molar-refractivity contribution is 5.93. The molecule has 1 amide bonds. The lowest BCUT2D eigenvalue weighted by Crippen LogP contribution is -2.19. The molecule has 0 aliphatic rings. The lowest BCUT2D eigenvalue weighted by atomic mass is 9.98. The molecule has 5 nitrogen and oxygen atoms in total. The molecule has 0 aliphatic heterocycles. The van der Waals surface area contributed by atoms with Gasteiger partial charge in [0.25, 0.3) is 5.91 Å². The Morgan fingerprint density at radius 3 is 2.89 bits per heavy atom. The van der Waals surface area contributed by atoms with Gasteiger partial charge in [0, 0.05) is 28.5 Å². The Hall–Kier alpha value is -3.54. The van der Waals surface area contributed by atoms with Crippen molar-refractivity contribution in [2.24, 2.45) is 0 Å². The second-order valence-corrected chi connectivity index (χ2v) is 6.10. The van der Waals surface area contributed by atoms with Crippen molar-refractivity contribution in [3.63, 3.8) is 0 Å². The van der Waals surface area contributed by atoms with Crippen LogP contribution in [0.4, 0.5) is 4.39 Å². The number of rotatable bonds is 3. The SMILES string of the molecule is [2H]C([2H])([2H])NC(=O)c1cnc2ccc(-c3cc(F)ccc3-c3cccc(C)n3)cn12. The Labute approximate surface area is 159 Å². The monoisotopic (exact) mass is 363 g/mol. The lowest BCUT2D eigenvalue weighted by molar-refractivity contribution is 0.0957. The second kappa shape index (κ2) is 6.64. The van der Waals surface area contributed by atoms with Gasteiger partial charge < -0.3 is 5.32 Å². The van der Waals surface area contributed by atoms with Crippen LogP contribution in [0.3, 0.4) is 0 Å². The molecule has 0 spiro atoms. The van der Waals surface area contributed by atoms with Crippen molar-refractivity contribution in [1.82, 2.24) is 19.7 Å². The van der Waals surface area contributed by atoms with Crippen LogP contribution in [0.1, 0.15) is 20.3 Å². The fourth-order valence-corrected chi connectivity index (χ4v) is 3.04. The van der Waals surface area contributed by atoms with E-state index in [0.717, 1.165) is 11.3 Å². The molecule has 134 valence electrons. The zero-order valence-electron chi connectivity index (χ0n) is 17.4. The average molecular weight is 363 g/mol. The van der Waals surface area contributed by atoms with Crippen LogP contribution in [0.15, 0.2) is 60.9 Å². The number of amides is 1. The summed E-state index contributed by atoms with van der Waals surface area (Å²) in [5.74, 6) is -1.19. The van der Waals surface area contributed by atoms with Gasteiger partial charge in [0.2, 0.25) is 0 Å². The fourth-order valence-electron chi connectivity index (χ4n) is 3.04. The van der Waals surface area contributed by atoms with Crippen molar-refractivity contribution in [3.05, 3.63) is 78.1 Å². The number of nitrogens with zero attached hydrogens (tertiary/aromatic N) is 3. The first-order valence-electron chi connectivity index (χ1n) is 9.75. The molecule has 0 saturated heterocycles. The van der Waals surface area contributed by atoms with E-state index in [1.54, 1.807) is 24.4 Å². The maximum absolute atomic E-state index is 14.1. The van der Waals surface area contributed by atoms with Crippen LogP contribution >= 0.6 is 0 Å². The van der Waals surface area contributed by atoms with Crippen LogP contribution in [-0.2, 0) is 0 Å². The number of hydrogen-bond acceptors (Lipinski definition) is 3. The molecule has 3 aromatic heterocycles. The minimum atomic E-state index is -2.62. The van der Waals surface area contributed by atoms with Gasteiger partial charge in [-0.25, -0.2) is 9.37 Å². The molecule has 0 unspecified atom stereocenters. The summed E-state index contributed by atoms with van der Waals surface area (Å²) in [6.45, 7) is -0.745. The van der Waals surface area contributed by atoms with Crippen molar-refractivity contribution in [2.75, 3.05) is 6.98 Å². The van der Waals surface area contributed by atoms with Gasteiger partial charge in [0.1, 0.15) is 17.2 Å². The number of benzene rings is 1. The summed E-state index contributed by atoms with van der Waals surface area (Å²) in [5, 5.41) is 1.96. The van der Waals surface area contributed by atoms with Gasteiger partial charge in [-0.3, -0.25) is 14.2 Å². The maximum atomic E-state index is 14.1. The summed E-state index contributed by atoms with van der Waals surface area (Å²) in [4.78, 5) is 21.0. The number of aromatic nitrogens is 3. The molecule has 4 rings (SSSR count). The molecule has 0 aliphatic carbocycles. The van der Waals surface area contributed by atoms with Gasteiger partial charge >= 0.3 is 0 Å². The molecule has 6 heteroatoms. The smallest absolute Gasteiger partial charge is 0.269 e. The first kappa shape index (κ1) is 13.6. The molecule has 4 aromatic rings. The highest BCUT2D eigenvalue weighted by Crippen LogP contribution is 2.32. The second-order valence-electron chi connectivity index (χ2n) is 6.10. The van der Waals surface area contributed by atoms with E-state index in [4.69, 9.17) is 4.11 Å². The molecule has 0 radical (unpaired) electrons. The molecule has 1 aromatic carbocycles. The van der Waals surface area contributed by atoms with E-state index in [1.165, 1.54) is 22.7 Å². The van der Waals surface area contributed by atoms with Gasteiger partial charge in [-0.2, -0.15) is 0 Å². The molecule has 0 atom stereocenters. The van der Waals surface area contributed by atoms with Gasteiger partial charge in [-0.1, -0.05) is 6.07 Å². The van der Waals surface area contributed by atoms with Crippen LogP contribution in [0, 0.1) is 12.7 Å². The summed E-state index contributed by atoms with van der Waals surface area (Å²) in [7, 11) is 0. The molecule has 27 heavy (non-hydrogen) atoms. The number of fused-ring (bicyclic) bond motifs is 1. The van der Waals surface area contributed by atoms with Crippen LogP contribution < -0.4 is 5.32 Å². The van der Waals surface area contributed by atoms with Gasteiger partial charge in [-0.15, -0.1) is 0 Å². The van der Waals surface area contributed by atoms with Crippen molar-refractivity contribution in [2.45, 2.75) is 6.92 Å². The normalized spacial score (nSPS) is 13.0. The lowest BCUT2D eigenvalue weighted by Gasteiger charge is -2.11. The molecular formula is C21H17FN4O. The zero-order chi connectivity index (χ0) is 21.5. The third kappa shape index (κ3) is 3.06. The predicted molar refractivity (Wildman–Crippen MR) is 102 cm³/mol. The third-order valence-corrected chi connectivity index (χ3v) is 4.31. The standard InChI is InChI=1S/C21H17FN4O/c1-13-4-3-5-18(25-13)16-8-7-15(22)10-17(16)14-6-9-20-24-11-19(21(27)23-2)26(20)12-14/h3-12H,1-2H3,(H,23,27)/i2D3. The first-order chi connectivity index (χ1) is 14.2. The number of imidazole rings is 1. The molecule has 0 bridgehead atoms. The van der Waals surface area contributed by atoms with E-state index in [0.29, 0.717) is 22.5 Å². The van der Waals surface area contributed by atoms with E-state index in [2.05, 4.69) is 9.97 Å². The van der Waals surface area contributed by atoms with Crippen LogP contribution in [0.25, 0.3) is 28.0 Å². The number of pyridine rings is 2. The quantitative estimate of drug-likeness (QED) is 0.601. The Morgan fingerprint density at radius 2 is 2.07 bits per heavy atom. The summed E-state index contributed by atoms with van der Waals surface area (Å²) < 4.78 is 37.3. The van der Waals surface area contributed by atoms with E-state index in [1.807, 2.05) is 30.4 Å². The highest BCUT2D eigenvalue weighted by atomic mass is 19.1. The van der Waals surface area contributed by atoms with Crippen molar-refractivity contribution < 1.29 is 13.3 Å². The van der Waals surface area contributed by atoms with E-state index in [9.17, 15) is 9.18 Å². The van der Waals surface area contributed by atoms with Crippen LogP contribution in [-0.4, -0.2) is 27.3 Å². The maximum Gasteiger partial charge on any atom is 0.269 e. The number of halogens is 1. The molecule has 0 fully saturated rings. The Kier molecular flexibility index (Phi) is 3.35. The number of carbonyl (C=O) groups excluding carboxylic acids is 1. The van der Waals surface area contributed by atoms with Crippen molar-refractivity contribution in [3.8, 4) is 22.4 Å². The largest absolute Gasteiger partial charge is 0.354 e. The number of nitrogens with one attached hydrogen (secondary N) is 1. The Balaban J connectivity index is 1.85. The zero-order valence-corrected chi connectivity index (χ0v) is 14.4. The molecule has 1 N–H and O–H groups in total. The minimum absolute atomic E-state index is 0.0645. The molecule has 0 saturated carbocycles. The summed E-state index contributed by atoms with van der Waals surface area (Å²) in [6, 6.07) is 13.5. The van der Waals surface area contributed by atoms with Crippen LogP contribution in [0.2, 0.25) is 0 Å². The first-order valence-corrected chi connectivity index (χ1v) is 8.25. The van der Waals surface area contributed by atoms with Crippen molar-refractivity contribution in [1.29, 1.82) is 0 Å². The van der Waals surface area contributed by atoms with Crippen LogP contribution in [0.5, 0.6) is 0 Å². The number of aryl methyl sites for hydroxylation is 1. The third-order valence-electron chi connectivity index (χ3n) is 4.31. The number of hydrogen-bond donors (Lipinski definition) is 1. The molecular weight excluding hydrogens is 343 g/mol. The molecule has 3 heterocycles. The number of carbonyl (C=O) groups is 1. The van der Waals surface area contributed by atoms with Crippen molar-refractivity contribution >= 4 is 11.6 Å². The summed E-state index contributed by atoms with van der Waals surface area (Å²) >= 11 is 0. The van der Waals surface area contributed by atoms with E-state index < -0.39 is 18.7 Å². The predicted octanol–water partition coefficient (Wildman–Crippen LogP) is 3.87. The van der Waals surface area contributed by atoms with E-state index >= 15 is 0 Å². The minimum Gasteiger partial charge on any atom is -0.354 e. The van der Waals surface area contributed by atoms with Gasteiger partial charge in [-0.05, 0) is 60.5 Å². The Bertz CT molecular complexity index is 1270. The Morgan fingerprint density at radius 1 is 1.19 bits per heavy atom. The van der Waals surface area contributed by atoms with Gasteiger partial charge in [0.15, 0.2) is 0 Å². The van der Waals surface area contributed by atoms with Gasteiger partial charge in [0.05, 0.1) is 11.9 Å². The van der Waals surface area contributed by atoms with E-state index in [-0.39, 0.29) is 5.69 Å². The average Bonchev–Trinajstić information content (AvgIpc) is 3.10. The summed E-state index contributed by atoms with van der Waals surface area (Å²) in [5.41, 5.74) is 3.99. The highest BCUT2D eigenvalue weighted by Gasteiger charge is 2.14. The topological polar surface area (TPSA) is 59.3 Å². The fraction of sp³-hybridized carbons (Fsp3) is 0.0952. The summed E-state index contributed by atoms with van der Waals surface area (Å²) in [6.07, 6.45) is 2.93.